The van der Waals surface area contributed by atoms with E-state index in [-0.39, 0.29) is 0 Å². The molecule has 0 bridgehead atoms. The Bertz CT molecular complexity index is 924. The second kappa shape index (κ2) is 8.42. The van der Waals surface area contributed by atoms with Crippen LogP contribution in [0.25, 0.3) is 0 Å². The molecule has 28 heavy (non-hydrogen) atoms. The van der Waals surface area contributed by atoms with Gasteiger partial charge in [0.15, 0.2) is 24.1 Å². The minimum absolute atomic E-state index is 0.420. The van der Waals surface area contributed by atoms with Crippen LogP contribution in [0.5, 0.6) is 0 Å². The van der Waals surface area contributed by atoms with Gasteiger partial charge in [-0.1, -0.05) is 0 Å². The molecule has 0 aliphatic heterocycles. The van der Waals surface area contributed by atoms with Crippen molar-refractivity contribution in [2.45, 2.75) is 19.3 Å². The van der Waals surface area contributed by atoms with Crippen LogP contribution in [0.15, 0.2) is 18.2 Å². The summed E-state index contributed by atoms with van der Waals surface area (Å²) in [6.07, 6.45) is 2.92. The fourth-order valence-electron chi connectivity index (χ4n) is 2.68. The third kappa shape index (κ3) is 4.50. The van der Waals surface area contributed by atoms with Crippen LogP contribution >= 0.6 is 11.3 Å². The third-order valence-electron chi connectivity index (χ3n) is 4.04. The Labute approximate surface area is 161 Å². The number of carbonyl (C=O) groups excluding carboxylic acids is 3. The molecule has 2 amide bonds. The second-order valence-electron chi connectivity index (χ2n) is 6.04. The average Bonchev–Trinajstić information content (AvgIpc) is 3.27. The van der Waals surface area contributed by atoms with Gasteiger partial charge in [0, 0.05) is 4.88 Å². The van der Waals surface area contributed by atoms with Gasteiger partial charge < -0.3 is 15.4 Å². The molecule has 0 radical (unpaired) electrons. The van der Waals surface area contributed by atoms with Gasteiger partial charge in [0.25, 0.3) is 5.91 Å². The first-order valence-electron chi connectivity index (χ1n) is 8.34. The molecular formula is C18H15F3N2O4S. The number of fused-ring (bicyclic) bond motifs is 1. The number of anilines is 1. The van der Waals surface area contributed by atoms with Gasteiger partial charge in [-0.05, 0) is 43.0 Å². The van der Waals surface area contributed by atoms with Gasteiger partial charge in [-0.25, -0.2) is 18.0 Å². The molecule has 0 fully saturated rings. The first-order chi connectivity index (χ1) is 13.3. The average molecular weight is 412 g/mol. The van der Waals surface area contributed by atoms with E-state index in [9.17, 15) is 27.6 Å². The molecule has 1 aromatic carbocycles. The molecule has 10 heteroatoms. The summed E-state index contributed by atoms with van der Waals surface area (Å²) in [7, 11) is 0. The molecule has 2 N–H and O–H groups in total. The molecule has 1 aliphatic carbocycles. The van der Waals surface area contributed by atoms with Crippen LogP contribution < -0.4 is 10.6 Å². The molecule has 1 aromatic heterocycles. The van der Waals surface area contributed by atoms with Crippen molar-refractivity contribution in [2.75, 3.05) is 18.5 Å². The van der Waals surface area contributed by atoms with E-state index in [1.165, 1.54) is 11.3 Å². The van der Waals surface area contributed by atoms with Gasteiger partial charge >= 0.3 is 5.97 Å². The third-order valence-corrected chi connectivity index (χ3v) is 5.25. The van der Waals surface area contributed by atoms with Gasteiger partial charge in [0.2, 0.25) is 5.91 Å². The quantitative estimate of drug-likeness (QED) is 0.564. The lowest BCUT2D eigenvalue weighted by Gasteiger charge is -2.08. The van der Waals surface area contributed by atoms with Crippen molar-refractivity contribution >= 4 is 34.8 Å². The molecule has 0 saturated heterocycles. The van der Waals surface area contributed by atoms with Crippen LogP contribution in [0.4, 0.5) is 18.9 Å². The van der Waals surface area contributed by atoms with Gasteiger partial charge in [-0.3, -0.25) is 9.59 Å². The van der Waals surface area contributed by atoms with Crippen LogP contribution in [0.1, 0.15) is 26.5 Å². The molecule has 1 aliphatic rings. The maximum Gasteiger partial charge on any atom is 0.348 e. The number of halogens is 3. The van der Waals surface area contributed by atoms with Crippen molar-refractivity contribution in [1.29, 1.82) is 0 Å². The van der Waals surface area contributed by atoms with E-state index in [0.717, 1.165) is 35.8 Å². The summed E-state index contributed by atoms with van der Waals surface area (Å²) in [5.74, 6) is -6.87. The van der Waals surface area contributed by atoms with Crippen LogP contribution in [0.3, 0.4) is 0 Å². The largest absolute Gasteiger partial charge is 0.451 e. The minimum Gasteiger partial charge on any atom is -0.451 e. The number of nitrogens with one attached hydrogen (secondary N) is 2. The highest BCUT2D eigenvalue weighted by atomic mass is 32.1. The van der Waals surface area contributed by atoms with Crippen molar-refractivity contribution in [3.05, 3.63) is 51.0 Å². The van der Waals surface area contributed by atoms with Gasteiger partial charge in [0.05, 0.1) is 12.2 Å². The predicted octanol–water partition coefficient (Wildman–Crippen LogP) is 2.57. The van der Waals surface area contributed by atoms with Gasteiger partial charge in [-0.2, -0.15) is 0 Å². The minimum atomic E-state index is -1.71. The second-order valence-corrected chi connectivity index (χ2v) is 7.17. The van der Waals surface area contributed by atoms with Crippen molar-refractivity contribution in [3.8, 4) is 0 Å². The molecule has 1 heterocycles. The van der Waals surface area contributed by atoms with E-state index in [2.05, 4.69) is 5.32 Å². The molecular weight excluding hydrogens is 397 g/mol. The van der Waals surface area contributed by atoms with Crippen LogP contribution in [0.2, 0.25) is 0 Å². The van der Waals surface area contributed by atoms with Crippen LogP contribution in [-0.2, 0) is 27.2 Å². The number of thiophene rings is 1. The number of ether oxygens (including phenoxy) is 1. The van der Waals surface area contributed by atoms with E-state index in [0.29, 0.717) is 10.9 Å². The maximum absolute atomic E-state index is 13.5. The summed E-state index contributed by atoms with van der Waals surface area (Å²) < 4.78 is 44.3. The zero-order chi connectivity index (χ0) is 20.3. The fourth-order valence-corrected chi connectivity index (χ4v) is 3.83. The number of benzene rings is 1. The van der Waals surface area contributed by atoms with Crippen molar-refractivity contribution in [1.82, 2.24) is 5.32 Å². The first kappa shape index (κ1) is 19.9. The van der Waals surface area contributed by atoms with E-state index in [1.807, 2.05) is 5.32 Å². The SMILES string of the molecule is O=C(COC(=O)c1cc2c(s1)CCC2)NCC(=O)Nc1ccc(F)c(F)c1F. The number of amides is 2. The highest BCUT2D eigenvalue weighted by molar-refractivity contribution is 7.14. The van der Waals surface area contributed by atoms with Gasteiger partial charge in [-0.15, -0.1) is 11.3 Å². The lowest BCUT2D eigenvalue weighted by Crippen LogP contribution is -2.35. The van der Waals surface area contributed by atoms with Crippen LogP contribution in [-0.4, -0.2) is 30.9 Å². The van der Waals surface area contributed by atoms with Crippen molar-refractivity contribution < 1.29 is 32.3 Å². The van der Waals surface area contributed by atoms with E-state index < -0.39 is 54.1 Å². The van der Waals surface area contributed by atoms with E-state index in [1.54, 1.807) is 6.07 Å². The summed E-state index contributed by atoms with van der Waals surface area (Å²) in [4.78, 5) is 36.9. The first-order valence-corrected chi connectivity index (χ1v) is 9.15. The number of hydrogen-bond donors (Lipinski definition) is 2. The monoisotopic (exact) mass is 412 g/mol. The smallest absolute Gasteiger partial charge is 0.348 e. The molecule has 0 unspecified atom stereocenters. The summed E-state index contributed by atoms with van der Waals surface area (Å²) >= 11 is 1.34. The van der Waals surface area contributed by atoms with Crippen LogP contribution in [0, 0.1) is 17.5 Å². The lowest BCUT2D eigenvalue weighted by molar-refractivity contribution is -0.126. The van der Waals surface area contributed by atoms with E-state index in [4.69, 9.17) is 4.74 Å². The lowest BCUT2D eigenvalue weighted by atomic mass is 10.2. The topological polar surface area (TPSA) is 84.5 Å². The normalized spacial score (nSPS) is 12.4. The summed E-state index contributed by atoms with van der Waals surface area (Å²) in [5, 5.41) is 4.18. The highest BCUT2D eigenvalue weighted by Crippen LogP contribution is 2.30. The molecule has 3 rings (SSSR count). The summed E-state index contributed by atoms with van der Waals surface area (Å²) in [6.45, 7) is -1.16. The molecule has 0 spiro atoms. The summed E-state index contributed by atoms with van der Waals surface area (Å²) in [5.41, 5.74) is 0.567. The maximum atomic E-state index is 13.5. The van der Waals surface area contributed by atoms with E-state index >= 15 is 0 Å². The standard InChI is InChI=1S/C18H15F3N2O4S/c19-10-4-5-11(17(21)16(10)20)23-14(24)7-22-15(25)8-27-18(26)13-6-9-2-1-3-12(9)28-13/h4-6H,1-3,7-8H2,(H,22,25)(H,23,24). The molecule has 0 atom stereocenters. The Morgan fingerprint density at radius 1 is 1.07 bits per heavy atom. The molecule has 6 nitrogen and oxygen atoms in total. The fraction of sp³-hybridized carbons (Fsp3) is 0.278. The number of esters is 1. The van der Waals surface area contributed by atoms with Crippen molar-refractivity contribution in [2.24, 2.45) is 0 Å². The number of aryl methyl sites for hydroxylation is 2. The number of rotatable bonds is 6. The number of hydrogen-bond acceptors (Lipinski definition) is 5. The molecule has 148 valence electrons. The number of carbonyl (C=O) groups is 3. The van der Waals surface area contributed by atoms with Gasteiger partial charge in [0.1, 0.15) is 4.88 Å². The predicted molar refractivity (Wildman–Crippen MR) is 94.6 cm³/mol. The molecule has 2 aromatic rings. The zero-order valence-corrected chi connectivity index (χ0v) is 15.3. The Hall–Kier alpha value is -2.88. The Balaban J connectivity index is 1.43. The summed E-state index contributed by atoms with van der Waals surface area (Å²) in [6, 6.07) is 3.27. The van der Waals surface area contributed by atoms with Crippen molar-refractivity contribution in [3.63, 3.8) is 0 Å². The molecule has 0 saturated carbocycles. The zero-order valence-electron chi connectivity index (χ0n) is 14.4. The highest BCUT2D eigenvalue weighted by Gasteiger charge is 2.20. The Morgan fingerprint density at radius 2 is 1.86 bits per heavy atom. The Kier molecular flexibility index (Phi) is 5.98. The Morgan fingerprint density at radius 3 is 2.61 bits per heavy atom.